The van der Waals surface area contributed by atoms with E-state index in [0.717, 1.165) is 0 Å². The fourth-order valence-corrected chi connectivity index (χ4v) is 9.44. The molecular weight excluding hydrogens is 1030 g/mol. The van der Waals surface area contributed by atoms with Crippen molar-refractivity contribution in [3.63, 3.8) is 0 Å². The van der Waals surface area contributed by atoms with Crippen molar-refractivity contribution in [2.24, 2.45) is 17.2 Å². The van der Waals surface area contributed by atoms with E-state index in [0.29, 0.717) is 68.3 Å². The lowest BCUT2D eigenvalue weighted by Crippen LogP contribution is -2.60. The molecule has 2 saturated heterocycles. The SMILES string of the molecule is N=C(N)NCCC[C@H](NC(=O)[C@H](Cc1ccccc1)NC(=O)[C@@H](Cc1ccccc1)NC(=O)[C@H](CO)NC(=O)[C@H](Cc1ccccc1)NC(=O)CNC(=O)[C@@H]1CCCN1C(=O)[C@@H]1CCCN1C(=O)[C@@H](N)CCCNC(=N)N)C(=O)O. The Labute approximate surface area is 463 Å². The lowest BCUT2D eigenvalue weighted by atomic mass is 10.0. The van der Waals surface area contributed by atoms with Gasteiger partial charge in [0.2, 0.25) is 47.3 Å². The molecule has 2 fully saturated rings. The topological polar surface area (TPSA) is 423 Å². The zero-order chi connectivity index (χ0) is 58.1. The van der Waals surface area contributed by atoms with Crippen LogP contribution >= 0.6 is 0 Å². The van der Waals surface area contributed by atoms with E-state index in [1.807, 2.05) is 0 Å². The van der Waals surface area contributed by atoms with Crippen LogP contribution in [0.4, 0.5) is 0 Å². The Bertz CT molecular complexity index is 2620. The normalized spacial score (nSPS) is 17.0. The number of guanidine groups is 2. The molecule has 18 N–H and O–H groups in total. The molecule has 0 bridgehead atoms. The summed E-state index contributed by atoms with van der Waals surface area (Å²) >= 11 is 0. The number of carbonyl (C=O) groups excluding carboxylic acids is 8. The number of aliphatic carboxylic acids is 1. The summed E-state index contributed by atoms with van der Waals surface area (Å²) in [5.74, 6) is -7.70. The Morgan fingerprint density at radius 3 is 1.43 bits per heavy atom. The molecule has 0 saturated carbocycles. The number of aliphatic hydroxyl groups excluding tert-OH is 1. The Balaban J connectivity index is 1.25. The van der Waals surface area contributed by atoms with Crippen LogP contribution < -0.4 is 59.7 Å². The molecule has 0 aliphatic carbocycles. The van der Waals surface area contributed by atoms with Crippen LogP contribution in [-0.2, 0) is 62.4 Å². The summed E-state index contributed by atoms with van der Waals surface area (Å²) in [6, 6.07) is 15.8. The summed E-state index contributed by atoms with van der Waals surface area (Å²) in [4.78, 5) is 126. The fraction of sp³-hybridized carbons (Fsp3) is 0.463. The monoisotopic (exact) mass is 1110 g/mol. The molecule has 5 rings (SSSR count). The minimum Gasteiger partial charge on any atom is -0.480 e. The van der Waals surface area contributed by atoms with Gasteiger partial charge in [-0.3, -0.25) is 49.2 Å². The number of rotatable bonds is 30. The molecule has 2 aliphatic rings. The first kappa shape index (κ1) is 62.2. The number of carboxylic acid groups (broad SMARTS) is 1. The lowest BCUT2D eigenvalue weighted by Gasteiger charge is -2.32. The average Bonchev–Trinajstić information content (AvgIpc) is 4.17. The predicted molar refractivity (Wildman–Crippen MR) is 294 cm³/mol. The van der Waals surface area contributed by atoms with E-state index in [9.17, 15) is 53.4 Å². The van der Waals surface area contributed by atoms with Crippen molar-refractivity contribution >= 4 is 65.1 Å². The maximum Gasteiger partial charge on any atom is 0.326 e. The zero-order valence-electron chi connectivity index (χ0n) is 44.5. The molecule has 8 atom stereocenters. The molecule has 0 radical (unpaired) electrons. The van der Waals surface area contributed by atoms with Crippen molar-refractivity contribution in [2.45, 2.75) is 119 Å². The summed E-state index contributed by atoms with van der Waals surface area (Å²) in [5, 5.41) is 55.8. The van der Waals surface area contributed by atoms with Gasteiger partial charge in [0.1, 0.15) is 42.3 Å². The van der Waals surface area contributed by atoms with Crippen LogP contribution in [0.2, 0.25) is 0 Å². The quantitative estimate of drug-likeness (QED) is 0.0182. The second-order valence-electron chi connectivity index (χ2n) is 19.6. The Kier molecular flexibility index (Phi) is 24.6. The van der Waals surface area contributed by atoms with Gasteiger partial charge in [-0.1, -0.05) is 91.0 Å². The molecule has 2 aliphatic heterocycles. The molecule has 0 unspecified atom stereocenters. The maximum absolute atomic E-state index is 14.3. The minimum absolute atomic E-state index is 0.0439. The van der Waals surface area contributed by atoms with Gasteiger partial charge in [0, 0.05) is 45.4 Å². The van der Waals surface area contributed by atoms with Gasteiger partial charge in [-0.15, -0.1) is 0 Å². The molecule has 3 aromatic carbocycles. The number of amides is 8. The number of aliphatic hydroxyl groups is 1. The molecule has 0 aromatic heterocycles. The van der Waals surface area contributed by atoms with E-state index in [-0.39, 0.29) is 57.1 Å². The van der Waals surface area contributed by atoms with Gasteiger partial charge < -0.3 is 79.7 Å². The largest absolute Gasteiger partial charge is 0.480 e. The van der Waals surface area contributed by atoms with Crippen molar-refractivity contribution < 1.29 is 53.4 Å². The van der Waals surface area contributed by atoms with Crippen LogP contribution in [0, 0.1) is 10.8 Å². The van der Waals surface area contributed by atoms with Gasteiger partial charge in [-0.05, 0) is 68.1 Å². The van der Waals surface area contributed by atoms with E-state index in [1.54, 1.807) is 91.0 Å². The van der Waals surface area contributed by atoms with Crippen LogP contribution in [0.25, 0.3) is 0 Å². The van der Waals surface area contributed by atoms with Gasteiger partial charge in [-0.25, -0.2) is 4.79 Å². The van der Waals surface area contributed by atoms with E-state index in [1.165, 1.54) is 9.80 Å². The minimum atomic E-state index is -1.69. The van der Waals surface area contributed by atoms with E-state index in [2.05, 4.69) is 42.5 Å². The van der Waals surface area contributed by atoms with Crippen LogP contribution in [-0.4, -0.2) is 173 Å². The fourth-order valence-electron chi connectivity index (χ4n) is 9.44. The second kappa shape index (κ2) is 31.7. The summed E-state index contributed by atoms with van der Waals surface area (Å²) in [6.07, 6.45) is 2.33. The van der Waals surface area contributed by atoms with Gasteiger partial charge in [0.05, 0.1) is 19.2 Å². The molecular formula is C54H75N15O11. The van der Waals surface area contributed by atoms with Crippen molar-refractivity contribution in [2.75, 3.05) is 39.3 Å². The highest BCUT2D eigenvalue weighted by molar-refractivity contribution is 5.98. The van der Waals surface area contributed by atoms with Gasteiger partial charge in [-0.2, -0.15) is 0 Å². The first-order valence-electron chi connectivity index (χ1n) is 26.6. The first-order valence-corrected chi connectivity index (χ1v) is 26.6. The number of nitrogens with two attached hydrogens (primary N) is 3. The molecule has 432 valence electrons. The molecule has 26 heteroatoms. The summed E-state index contributed by atoms with van der Waals surface area (Å²) < 4.78 is 0. The number of nitrogens with zero attached hydrogens (tertiary/aromatic N) is 2. The number of hydrogen-bond donors (Lipinski definition) is 15. The lowest BCUT2D eigenvalue weighted by molar-refractivity contribution is -0.147. The molecule has 3 aromatic rings. The Hall–Kier alpha value is -8.65. The number of carbonyl (C=O) groups is 9. The Morgan fingerprint density at radius 1 is 0.550 bits per heavy atom. The number of likely N-dealkylation sites (tertiary alicyclic amines) is 2. The highest BCUT2D eigenvalue weighted by atomic mass is 16.4. The van der Waals surface area contributed by atoms with Crippen molar-refractivity contribution in [1.29, 1.82) is 10.8 Å². The third-order valence-corrected chi connectivity index (χ3v) is 13.6. The molecule has 80 heavy (non-hydrogen) atoms. The van der Waals surface area contributed by atoms with Crippen molar-refractivity contribution in [1.82, 2.24) is 52.3 Å². The number of nitrogens with one attached hydrogen (secondary N) is 10. The van der Waals surface area contributed by atoms with Crippen LogP contribution in [0.3, 0.4) is 0 Å². The van der Waals surface area contributed by atoms with Gasteiger partial charge >= 0.3 is 5.97 Å². The van der Waals surface area contributed by atoms with E-state index < -0.39 is 115 Å². The van der Waals surface area contributed by atoms with E-state index >= 15 is 0 Å². The predicted octanol–water partition coefficient (Wildman–Crippen LogP) is -2.83. The molecule has 2 heterocycles. The second-order valence-corrected chi connectivity index (χ2v) is 19.6. The van der Waals surface area contributed by atoms with Crippen LogP contribution in [0.15, 0.2) is 91.0 Å². The highest BCUT2D eigenvalue weighted by Crippen LogP contribution is 2.26. The number of hydrogen-bond acceptors (Lipinski definition) is 13. The van der Waals surface area contributed by atoms with E-state index in [4.69, 9.17) is 28.0 Å². The zero-order valence-corrected chi connectivity index (χ0v) is 44.5. The van der Waals surface area contributed by atoms with Gasteiger partial charge in [0.15, 0.2) is 11.9 Å². The highest BCUT2D eigenvalue weighted by Gasteiger charge is 2.43. The number of carboxylic acids is 1. The first-order chi connectivity index (χ1) is 38.3. The van der Waals surface area contributed by atoms with Crippen molar-refractivity contribution in [3.8, 4) is 0 Å². The molecule has 8 amide bonds. The van der Waals surface area contributed by atoms with Gasteiger partial charge in [0.25, 0.3) is 0 Å². The Morgan fingerprint density at radius 2 is 0.963 bits per heavy atom. The summed E-state index contributed by atoms with van der Waals surface area (Å²) in [7, 11) is 0. The maximum atomic E-state index is 14.3. The molecule has 26 nitrogen and oxygen atoms in total. The molecule has 0 spiro atoms. The van der Waals surface area contributed by atoms with Crippen molar-refractivity contribution in [3.05, 3.63) is 108 Å². The number of benzene rings is 3. The van der Waals surface area contributed by atoms with Crippen LogP contribution in [0.1, 0.15) is 68.1 Å². The third-order valence-electron chi connectivity index (χ3n) is 13.6. The summed E-state index contributed by atoms with van der Waals surface area (Å²) in [6.45, 7) is -0.509. The average molecular weight is 1110 g/mol. The standard InChI is InChI=1S/C54H75N15O11/c55-36(20-10-24-60-53(56)57)50(77)69-27-13-23-43(69)51(78)68-26-12-22-42(68)49(76)62-31-44(71)63-38(28-33-14-4-1-5-15-33)45(72)67-41(32-70)48(75)66-40(30-35-18-8-3-9-19-35)47(74)65-39(29-34-16-6-2-7-17-34)46(73)64-37(52(79)80)21-11-25-61-54(58)59/h1-9,14-19,36-43,70H,10-13,20-32,55H2,(H,62,76)(H,63,71)(H,64,73)(H,65,74)(H,66,75)(H,67,72)(H,79,80)(H4,56,57,60)(H4,58,59,61)/t36-,37-,38-,39-,40+,41-,42-,43-/m0/s1. The summed E-state index contributed by atoms with van der Waals surface area (Å²) in [5.41, 5.74) is 18.7. The third kappa shape index (κ3) is 19.7. The van der Waals surface area contributed by atoms with Crippen LogP contribution in [0.5, 0.6) is 0 Å². The smallest absolute Gasteiger partial charge is 0.326 e.